The maximum Gasteiger partial charge on any atom is 0.310 e. The smallest absolute Gasteiger partial charge is 0.310 e. The van der Waals surface area contributed by atoms with Gasteiger partial charge in [0.2, 0.25) is 5.91 Å². The van der Waals surface area contributed by atoms with Crippen molar-refractivity contribution in [2.45, 2.75) is 33.1 Å². The molecule has 1 rings (SSSR count). The van der Waals surface area contributed by atoms with Crippen molar-refractivity contribution >= 4 is 11.9 Å². The second kappa shape index (κ2) is 6.00. The Morgan fingerprint density at radius 2 is 2.18 bits per heavy atom. The molecule has 0 aromatic carbocycles. The number of carboxylic acids is 1. The topological polar surface area (TPSA) is 69.6 Å². The number of nitrogens with one attached hydrogen (secondary N) is 1. The first-order valence-corrected chi connectivity index (χ1v) is 6.20. The molecule has 1 fully saturated rings. The van der Waals surface area contributed by atoms with Crippen LogP contribution >= 0.6 is 0 Å². The Morgan fingerprint density at radius 1 is 1.47 bits per heavy atom. The third-order valence-electron chi connectivity index (χ3n) is 3.23. The van der Waals surface area contributed by atoms with Gasteiger partial charge < -0.3 is 10.4 Å². The Morgan fingerprint density at radius 3 is 2.76 bits per heavy atom. The lowest BCUT2D eigenvalue weighted by molar-refractivity contribution is -0.151. The minimum absolute atomic E-state index is 0.0125. The molecule has 0 aromatic rings. The summed E-state index contributed by atoms with van der Waals surface area (Å²) < 4.78 is 0. The van der Waals surface area contributed by atoms with E-state index in [4.69, 9.17) is 5.11 Å². The fourth-order valence-electron chi connectivity index (χ4n) is 2.18. The van der Waals surface area contributed by atoms with E-state index in [9.17, 15) is 9.59 Å². The number of aliphatic carboxylic acids is 1. The van der Waals surface area contributed by atoms with E-state index in [1.165, 1.54) is 0 Å². The summed E-state index contributed by atoms with van der Waals surface area (Å²) >= 11 is 0. The van der Waals surface area contributed by atoms with Crippen LogP contribution in [0.15, 0.2) is 0 Å². The SMILES string of the molecule is CCCNC(=O)CN1CCCC(C)(C(=O)O)C1. The molecule has 98 valence electrons. The summed E-state index contributed by atoms with van der Waals surface area (Å²) in [5.41, 5.74) is -0.705. The summed E-state index contributed by atoms with van der Waals surface area (Å²) in [6.07, 6.45) is 2.44. The number of piperidine rings is 1. The first-order valence-electron chi connectivity index (χ1n) is 6.20. The van der Waals surface area contributed by atoms with Gasteiger partial charge in [-0.25, -0.2) is 0 Å². The van der Waals surface area contributed by atoms with E-state index in [1.54, 1.807) is 6.92 Å². The summed E-state index contributed by atoms with van der Waals surface area (Å²) in [4.78, 5) is 24.6. The number of likely N-dealkylation sites (tertiary alicyclic amines) is 1. The molecule has 1 saturated heterocycles. The molecule has 0 aliphatic carbocycles. The van der Waals surface area contributed by atoms with Gasteiger partial charge in [-0.05, 0) is 32.7 Å². The minimum atomic E-state index is -0.767. The van der Waals surface area contributed by atoms with Gasteiger partial charge in [-0.3, -0.25) is 14.5 Å². The lowest BCUT2D eigenvalue weighted by Crippen LogP contribution is -2.49. The molecule has 5 nitrogen and oxygen atoms in total. The summed E-state index contributed by atoms with van der Waals surface area (Å²) in [5.74, 6) is -0.780. The van der Waals surface area contributed by atoms with Gasteiger partial charge in [0.25, 0.3) is 0 Å². The molecule has 2 N–H and O–H groups in total. The van der Waals surface area contributed by atoms with Crippen molar-refractivity contribution in [3.8, 4) is 0 Å². The number of hydrogen-bond acceptors (Lipinski definition) is 3. The highest BCUT2D eigenvalue weighted by Gasteiger charge is 2.38. The van der Waals surface area contributed by atoms with E-state index in [0.29, 0.717) is 26.1 Å². The van der Waals surface area contributed by atoms with Crippen LogP contribution in [0.25, 0.3) is 0 Å². The predicted molar refractivity (Wildman–Crippen MR) is 64.7 cm³/mol. The molecular formula is C12H22N2O3. The third-order valence-corrected chi connectivity index (χ3v) is 3.23. The Balaban J connectivity index is 2.45. The first-order chi connectivity index (χ1) is 7.98. The lowest BCUT2D eigenvalue weighted by Gasteiger charge is -2.37. The quantitative estimate of drug-likeness (QED) is 0.744. The van der Waals surface area contributed by atoms with Gasteiger partial charge in [0.05, 0.1) is 12.0 Å². The molecule has 5 heteroatoms. The zero-order valence-corrected chi connectivity index (χ0v) is 10.7. The second-order valence-corrected chi connectivity index (χ2v) is 5.03. The van der Waals surface area contributed by atoms with Crippen LogP contribution in [0.2, 0.25) is 0 Å². The van der Waals surface area contributed by atoms with Gasteiger partial charge in [0.1, 0.15) is 0 Å². The van der Waals surface area contributed by atoms with E-state index < -0.39 is 11.4 Å². The molecule has 1 aliphatic rings. The highest BCUT2D eigenvalue weighted by molar-refractivity contribution is 5.78. The second-order valence-electron chi connectivity index (χ2n) is 5.03. The van der Waals surface area contributed by atoms with Crippen molar-refractivity contribution in [1.82, 2.24) is 10.2 Å². The van der Waals surface area contributed by atoms with Gasteiger partial charge in [-0.15, -0.1) is 0 Å². The van der Waals surface area contributed by atoms with Crippen LogP contribution in [0.3, 0.4) is 0 Å². The van der Waals surface area contributed by atoms with E-state index in [-0.39, 0.29) is 5.91 Å². The van der Waals surface area contributed by atoms with Crippen LogP contribution in [0.4, 0.5) is 0 Å². The van der Waals surface area contributed by atoms with Crippen LogP contribution in [0.5, 0.6) is 0 Å². The Kier molecular flexibility index (Phi) is 4.93. The minimum Gasteiger partial charge on any atom is -0.481 e. The summed E-state index contributed by atoms with van der Waals surface area (Å²) in [6.45, 7) is 6.02. The number of nitrogens with zero attached hydrogens (tertiary/aromatic N) is 1. The molecule has 1 aliphatic heterocycles. The number of rotatable bonds is 5. The maximum atomic E-state index is 11.6. The summed E-state index contributed by atoms with van der Waals surface area (Å²) in [7, 11) is 0. The van der Waals surface area contributed by atoms with Gasteiger partial charge in [0, 0.05) is 13.1 Å². The molecule has 0 spiro atoms. The van der Waals surface area contributed by atoms with Crippen LogP contribution in [-0.2, 0) is 9.59 Å². The molecule has 17 heavy (non-hydrogen) atoms. The molecule has 1 unspecified atom stereocenters. The average molecular weight is 242 g/mol. The van der Waals surface area contributed by atoms with E-state index in [1.807, 2.05) is 11.8 Å². The van der Waals surface area contributed by atoms with Crippen LogP contribution in [0, 0.1) is 5.41 Å². The highest BCUT2D eigenvalue weighted by Crippen LogP contribution is 2.29. The number of carboxylic acid groups (broad SMARTS) is 1. The first kappa shape index (κ1) is 14.0. The molecule has 1 atom stereocenters. The van der Waals surface area contributed by atoms with Gasteiger partial charge in [-0.1, -0.05) is 6.92 Å². The zero-order chi connectivity index (χ0) is 12.9. The van der Waals surface area contributed by atoms with E-state index in [2.05, 4.69) is 5.32 Å². The monoisotopic (exact) mass is 242 g/mol. The Hall–Kier alpha value is -1.10. The molecule has 0 bridgehead atoms. The molecule has 0 radical (unpaired) electrons. The summed E-state index contributed by atoms with van der Waals surface area (Å²) in [5, 5.41) is 12.0. The molecule has 1 amide bonds. The zero-order valence-electron chi connectivity index (χ0n) is 10.7. The van der Waals surface area contributed by atoms with Gasteiger partial charge in [0.15, 0.2) is 0 Å². The van der Waals surface area contributed by atoms with Crippen molar-refractivity contribution in [1.29, 1.82) is 0 Å². The van der Waals surface area contributed by atoms with E-state index >= 15 is 0 Å². The predicted octanol–water partition coefficient (Wildman–Crippen LogP) is 0.699. The fraction of sp³-hybridized carbons (Fsp3) is 0.833. The Bertz CT molecular complexity index is 293. The molecule has 0 saturated carbocycles. The fourth-order valence-corrected chi connectivity index (χ4v) is 2.18. The Labute approximate surface area is 102 Å². The van der Waals surface area contributed by atoms with E-state index in [0.717, 1.165) is 19.4 Å². The van der Waals surface area contributed by atoms with Crippen molar-refractivity contribution < 1.29 is 14.7 Å². The van der Waals surface area contributed by atoms with Crippen molar-refractivity contribution in [2.24, 2.45) is 5.41 Å². The lowest BCUT2D eigenvalue weighted by atomic mass is 9.82. The van der Waals surface area contributed by atoms with Crippen molar-refractivity contribution in [2.75, 3.05) is 26.2 Å². The van der Waals surface area contributed by atoms with Crippen LogP contribution in [-0.4, -0.2) is 48.1 Å². The van der Waals surface area contributed by atoms with Gasteiger partial charge >= 0.3 is 5.97 Å². The van der Waals surface area contributed by atoms with Crippen molar-refractivity contribution in [3.05, 3.63) is 0 Å². The largest absolute Gasteiger partial charge is 0.481 e. The molecule has 1 heterocycles. The number of carbonyl (C=O) groups is 2. The normalized spacial score (nSPS) is 25.5. The van der Waals surface area contributed by atoms with Crippen LogP contribution < -0.4 is 5.32 Å². The number of amides is 1. The maximum absolute atomic E-state index is 11.6. The molecular weight excluding hydrogens is 220 g/mol. The molecule has 0 aromatic heterocycles. The van der Waals surface area contributed by atoms with Crippen molar-refractivity contribution in [3.63, 3.8) is 0 Å². The number of hydrogen-bond donors (Lipinski definition) is 2. The summed E-state index contributed by atoms with van der Waals surface area (Å²) in [6, 6.07) is 0. The van der Waals surface area contributed by atoms with Gasteiger partial charge in [-0.2, -0.15) is 0 Å². The third kappa shape index (κ3) is 4.00. The average Bonchev–Trinajstić information content (AvgIpc) is 2.26. The number of carbonyl (C=O) groups excluding carboxylic acids is 1. The van der Waals surface area contributed by atoms with Crippen LogP contribution in [0.1, 0.15) is 33.1 Å². The standard InChI is InChI=1S/C12H22N2O3/c1-3-6-13-10(15)8-14-7-4-5-12(2,9-14)11(16)17/h3-9H2,1-2H3,(H,13,15)(H,16,17). The highest BCUT2D eigenvalue weighted by atomic mass is 16.4.